The Balaban J connectivity index is 2.93. The van der Waals surface area contributed by atoms with Gasteiger partial charge in [0.2, 0.25) is 0 Å². The van der Waals surface area contributed by atoms with Crippen molar-refractivity contribution < 1.29 is 20.4 Å². The first kappa shape index (κ1) is 15.5. The lowest BCUT2D eigenvalue weighted by Gasteiger charge is -2.22. The van der Waals surface area contributed by atoms with E-state index in [0.717, 1.165) is 0 Å². The highest BCUT2D eigenvalue weighted by atomic mass is 16.3. The molecule has 0 heterocycles. The summed E-state index contributed by atoms with van der Waals surface area (Å²) >= 11 is 0. The molecule has 0 aliphatic heterocycles. The van der Waals surface area contributed by atoms with Crippen molar-refractivity contribution in [3.05, 3.63) is 35.4 Å². The molecule has 1 rings (SSSR count). The minimum absolute atomic E-state index is 0.102. The Morgan fingerprint density at radius 3 is 2.21 bits per heavy atom. The average Bonchev–Trinajstić information content (AvgIpc) is 2.29. The maximum Gasteiger partial charge on any atom is 0.119 e. The molecule has 0 saturated heterocycles. The Labute approximate surface area is 113 Å². The predicted octanol–water partition coefficient (Wildman–Crippen LogP) is 2.20. The van der Waals surface area contributed by atoms with Gasteiger partial charge in [-0.1, -0.05) is 19.1 Å². The van der Waals surface area contributed by atoms with Crippen LogP contribution in [-0.2, 0) is 0 Å². The van der Waals surface area contributed by atoms with Crippen molar-refractivity contribution in [1.82, 2.24) is 0 Å². The van der Waals surface area contributed by atoms with Crippen molar-refractivity contribution in [3.63, 3.8) is 0 Å². The van der Waals surface area contributed by atoms with Crippen LogP contribution in [0.25, 0.3) is 0 Å². The van der Waals surface area contributed by atoms with E-state index in [9.17, 15) is 20.4 Å². The van der Waals surface area contributed by atoms with E-state index < -0.39 is 11.7 Å². The van der Waals surface area contributed by atoms with Gasteiger partial charge in [-0.25, -0.2) is 0 Å². The van der Waals surface area contributed by atoms with Crippen LogP contribution in [-0.4, -0.2) is 32.1 Å². The minimum Gasteiger partial charge on any atom is -0.508 e. The SMILES string of the molecule is Cc1cc(O)c([C@H](C)/C=C/[C@H](O)C(C)(C)O)cc1O. The van der Waals surface area contributed by atoms with Crippen LogP contribution < -0.4 is 0 Å². The summed E-state index contributed by atoms with van der Waals surface area (Å²) in [5.41, 5.74) is -0.0375. The smallest absolute Gasteiger partial charge is 0.119 e. The summed E-state index contributed by atoms with van der Waals surface area (Å²) < 4.78 is 0. The molecule has 106 valence electrons. The standard InChI is InChI=1S/C15H22O4/c1-9(5-6-14(18)15(3,4)19)11-8-12(16)10(2)7-13(11)17/h5-9,14,16-19H,1-4H3/b6-5+/t9-,14+/m1/s1. The molecule has 0 radical (unpaired) electrons. The number of phenolic OH excluding ortho intramolecular Hbond substituents is 2. The summed E-state index contributed by atoms with van der Waals surface area (Å²) in [7, 11) is 0. The summed E-state index contributed by atoms with van der Waals surface area (Å²) in [4.78, 5) is 0. The average molecular weight is 266 g/mol. The van der Waals surface area contributed by atoms with Gasteiger partial charge in [-0.3, -0.25) is 0 Å². The van der Waals surface area contributed by atoms with Gasteiger partial charge in [0, 0.05) is 11.5 Å². The van der Waals surface area contributed by atoms with E-state index in [2.05, 4.69) is 0 Å². The molecule has 1 aromatic rings. The molecule has 4 nitrogen and oxygen atoms in total. The molecule has 0 aliphatic rings. The fourth-order valence-corrected chi connectivity index (χ4v) is 1.67. The van der Waals surface area contributed by atoms with Crippen LogP contribution in [0.4, 0.5) is 0 Å². The monoisotopic (exact) mass is 266 g/mol. The van der Waals surface area contributed by atoms with Crippen LogP contribution in [0, 0.1) is 6.92 Å². The predicted molar refractivity (Wildman–Crippen MR) is 74.4 cm³/mol. The van der Waals surface area contributed by atoms with Crippen LogP contribution in [0.15, 0.2) is 24.3 Å². The minimum atomic E-state index is -1.21. The molecular formula is C15H22O4. The number of rotatable bonds is 4. The first-order chi connectivity index (χ1) is 8.62. The molecule has 0 unspecified atom stereocenters. The van der Waals surface area contributed by atoms with Crippen molar-refractivity contribution >= 4 is 0 Å². The third-order valence-corrected chi connectivity index (χ3v) is 3.14. The van der Waals surface area contributed by atoms with Gasteiger partial charge < -0.3 is 20.4 Å². The van der Waals surface area contributed by atoms with Gasteiger partial charge >= 0.3 is 0 Å². The maximum absolute atomic E-state index is 9.85. The number of allylic oxidation sites excluding steroid dienone is 1. The zero-order valence-electron chi connectivity index (χ0n) is 11.8. The van der Waals surface area contributed by atoms with Crippen LogP contribution in [0.1, 0.15) is 37.8 Å². The second-order valence-electron chi connectivity index (χ2n) is 5.47. The van der Waals surface area contributed by atoms with E-state index in [-0.39, 0.29) is 17.4 Å². The fraction of sp³-hybridized carbons (Fsp3) is 0.467. The number of hydrogen-bond donors (Lipinski definition) is 4. The van der Waals surface area contributed by atoms with E-state index >= 15 is 0 Å². The van der Waals surface area contributed by atoms with E-state index in [1.54, 1.807) is 13.0 Å². The highest BCUT2D eigenvalue weighted by Gasteiger charge is 2.22. The Morgan fingerprint density at radius 1 is 1.11 bits per heavy atom. The zero-order chi connectivity index (χ0) is 14.8. The van der Waals surface area contributed by atoms with Gasteiger partial charge in [-0.05, 0) is 38.5 Å². The van der Waals surface area contributed by atoms with Gasteiger partial charge in [0.25, 0.3) is 0 Å². The maximum atomic E-state index is 9.85. The van der Waals surface area contributed by atoms with Gasteiger partial charge in [-0.15, -0.1) is 0 Å². The molecular weight excluding hydrogens is 244 g/mol. The Kier molecular flexibility index (Phi) is 4.61. The fourth-order valence-electron chi connectivity index (χ4n) is 1.67. The molecule has 4 heteroatoms. The Morgan fingerprint density at radius 2 is 1.68 bits per heavy atom. The molecule has 0 saturated carbocycles. The molecule has 19 heavy (non-hydrogen) atoms. The van der Waals surface area contributed by atoms with Crippen molar-refractivity contribution in [3.8, 4) is 11.5 Å². The third kappa shape index (κ3) is 3.98. The van der Waals surface area contributed by atoms with Crippen LogP contribution >= 0.6 is 0 Å². The number of aliphatic hydroxyl groups excluding tert-OH is 1. The highest BCUT2D eigenvalue weighted by Crippen LogP contribution is 2.32. The molecule has 4 N–H and O–H groups in total. The number of benzene rings is 1. The quantitative estimate of drug-likeness (QED) is 0.497. The second-order valence-corrected chi connectivity index (χ2v) is 5.47. The lowest BCUT2D eigenvalue weighted by Crippen LogP contribution is -2.34. The first-order valence-corrected chi connectivity index (χ1v) is 6.24. The van der Waals surface area contributed by atoms with Crippen molar-refractivity contribution in [2.75, 3.05) is 0 Å². The summed E-state index contributed by atoms with van der Waals surface area (Å²) in [5, 5.41) is 38.8. The van der Waals surface area contributed by atoms with Crippen LogP contribution in [0.5, 0.6) is 11.5 Å². The topological polar surface area (TPSA) is 80.9 Å². The summed E-state index contributed by atoms with van der Waals surface area (Å²) in [5.74, 6) is 0.0322. The lowest BCUT2D eigenvalue weighted by atomic mass is 9.95. The number of hydrogen-bond acceptors (Lipinski definition) is 4. The van der Waals surface area contributed by atoms with Gasteiger partial charge in [0.05, 0.1) is 5.60 Å². The van der Waals surface area contributed by atoms with Gasteiger partial charge in [0.15, 0.2) is 0 Å². The van der Waals surface area contributed by atoms with Crippen LogP contribution in [0.3, 0.4) is 0 Å². The van der Waals surface area contributed by atoms with E-state index in [1.807, 2.05) is 6.92 Å². The molecule has 1 aromatic carbocycles. The Hall–Kier alpha value is -1.52. The summed E-state index contributed by atoms with van der Waals surface area (Å²) in [6, 6.07) is 3.01. The summed E-state index contributed by atoms with van der Waals surface area (Å²) in [6.07, 6.45) is 2.18. The van der Waals surface area contributed by atoms with Gasteiger partial charge in [0.1, 0.15) is 17.6 Å². The number of aromatic hydroxyl groups is 2. The largest absolute Gasteiger partial charge is 0.508 e. The lowest BCUT2D eigenvalue weighted by molar-refractivity contribution is -0.0227. The number of phenols is 2. The van der Waals surface area contributed by atoms with E-state index in [0.29, 0.717) is 11.1 Å². The molecule has 0 fully saturated rings. The van der Waals surface area contributed by atoms with Gasteiger partial charge in [-0.2, -0.15) is 0 Å². The number of aryl methyl sites for hydroxylation is 1. The molecule has 0 bridgehead atoms. The molecule has 0 amide bonds. The molecule has 0 aliphatic carbocycles. The van der Waals surface area contributed by atoms with Crippen molar-refractivity contribution in [2.24, 2.45) is 0 Å². The molecule has 0 spiro atoms. The zero-order valence-corrected chi connectivity index (χ0v) is 11.8. The molecule has 2 atom stereocenters. The van der Waals surface area contributed by atoms with Crippen LogP contribution in [0.2, 0.25) is 0 Å². The molecule has 0 aromatic heterocycles. The Bertz CT molecular complexity index is 472. The van der Waals surface area contributed by atoms with E-state index in [1.165, 1.54) is 32.1 Å². The second kappa shape index (κ2) is 5.63. The third-order valence-electron chi connectivity index (χ3n) is 3.14. The highest BCUT2D eigenvalue weighted by molar-refractivity contribution is 5.47. The summed E-state index contributed by atoms with van der Waals surface area (Å²) in [6.45, 7) is 6.57. The normalized spacial score (nSPS) is 15.7. The van der Waals surface area contributed by atoms with Crippen molar-refractivity contribution in [2.45, 2.75) is 45.3 Å². The first-order valence-electron chi connectivity index (χ1n) is 6.24. The number of aliphatic hydroxyl groups is 2. The van der Waals surface area contributed by atoms with Crippen molar-refractivity contribution in [1.29, 1.82) is 0 Å². The van der Waals surface area contributed by atoms with E-state index in [4.69, 9.17) is 0 Å².